The first-order valence-electron chi connectivity index (χ1n) is 17.6. The SMILES string of the molecule is CCCCCCCCCCCCCC(=O)O.CN[C@@H]1[C@@H](O)[C@@H](O[C@@H]2[C@@H](O)[C@H](O[C@H]3OC(CN)=CC[C@H]3N)[C@@H](N)C[C@H]2N)OC[C@]1(C)O. The summed E-state index contributed by atoms with van der Waals surface area (Å²) >= 11 is 0. The van der Waals surface area contributed by atoms with Crippen molar-refractivity contribution in [1.29, 1.82) is 0 Å². The molecule has 0 amide bonds. The number of aliphatic hydroxyl groups excluding tert-OH is 2. The lowest BCUT2D eigenvalue weighted by molar-refractivity contribution is -0.303. The molecule has 0 aromatic heterocycles. The molecule has 3 aliphatic rings. The first-order valence-corrected chi connectivity index (χ1v) is 17.6. The van der Waals surface area contributed by atoms with E-state index in [0.29, 0.717) is 25.0 Å². The lowest BCUT2D eigenvalue weighted by Crippen LogP contribution is -2.68. The fourth-order valence-electron chi connectivity index (χ4n) is 6.38. The fourth-order valence-corrected chi connectivity index (χ4v) is 6.38. The van der Waals surface area contributed by atoms with Crippen LogP contribution in [0.5, 0.6) is 0 Å². The zero-order valence-corrected chi connectivity index (χ0v) is 28.8. The van der Waals surface area contributed by atoms with Crippen LogP contribution in [0.2, 0.25) is 0 Å². The van der Waals surface area contributed by atoms with Crippen molar-refractivity contribution in [3.63, 3.8) is 0 Å². The number of rotatable bonds is 18. The molecule has 2 heterocycles. The summed E-state index contributed by atoms with van der Waals surface area (Å²) in [5, 5.41) is 43.4. The number of aliphatic carboxylic acids is 1. The van der Waals surface area contributed by atoms with Crippen LogP contribution in [0.15, 0.2) is 11.8 Å². The molecular weight excluding hydrogens is 610 g/mol. The van der Waals surface area contributed by atoms with Crippen LogP contribution in [0, 0.1) is 0 Å². The van der Waals surface area contributed by atoms with Gasteiger partial charge in [-0.2, -0.15) is 0 Å². The van der Waals surface area contributed by atoms with Crippen molar-refractivity contribution in [3.8, 4) is 0 Å². The van der Waals surface area contributed by atoms with Crippen LogP contribution in [0.4, 0.5) is 0 Å². The summed E-state index contributed by atoms with van der Waals surface area (Å²) in [6, 6.07) is -2.37. The molecule has 3 rings (SSSR count). The van der Waals surface area contributed by atoms with Gasteiger partial charge in [-0.1, -0.05) is 71.1 Å². The van der Waals surface area contributed by atoms with Crippen molar-refractivity contribution in [1.82, 2.24) is 5.32 Å². The zero-order chi connectivity index (χ0) is 35.0. The van der Waals surface area contributed by atoms with Gasteiger partial charge in [0.25, 0.3) is 0 Å². The van der Waals surface area contributed by atoms with Gasteiger partial charge >= 0.3 is 5.97 Å². The van der Waals surface area contributed by atoms with Gasteiger partial charge < -0.3 is 67.6 Å². The standard InChI is InChI=1S/C19H37N5O7.C14H28O2/c1-19(27)7-28-18(13(26)16(19)24-2)31-15-11(23)5-10(22)14(12(15)25)30-17-9(21)4-3-8(6-20)29-17;1-2-3-4-5-6-7-8-9-10-11-12-13-14(15)16/h3,9-18,24-27H,4-7,20-23H2,1-2H3;2-13H2,1H3,(H,15,16)/t9-,10+,11-,12+,13-,14-,15+,16-,17-,18-,19+;/m1./s1. The van der Waals surface area contributed by atoms with Gasteiger partial charge in [0.15, 0.2) is 6.29 Å². The molecule has 0 unspecified atom stereocenters. The van der Waals surface area contributed by atoms with E-state index in [1.807, 2.05) is 0 Å². The van der Waals surface area contributed by atoms with Crippen molar-refractivity contribution in [2.75, 3.05) is 20.2 Å². The first kappa shape index (κ1) is 41.7. The van der Waals surface area contributed by atoms with Crippen LogP contribution >= 0.6 is 0 Å². The number of unbranched alkanes of at least 4 members (excludes halogenated alkanes) is 10. The molecule has 2 aliphatic heterocycles. The molecular formula is C33H65N5O9. The highest BCUT2D eigenvalue weighted by Crippen LogP contribution is 2.31. The first-order chi connectivity index (χ1) is 22.4. The molecule has 0 aromatic carbocycles. The maximum atomic E-state index is 11.0. The normalized spacial score (nSPS) is 35.7. The van der Waals surface area contributed by atoms with E-state index in [0.717, 1.165) is 12.8 Å². The number of hydrogen-bond acceptors (Lipinski definition) is 13. The number of nitrogens with one attached hydrogen (secondary N) is 1. The van der Waals surface area contributed by atoms with Gasteiger partial charge in [-0.25, -0.2) is 0 Å². The molecule has 0 bridgehead atoms. The molecule has 0 radical (unpaired) electrons. The number of carboxylic acids is 1. The molecule has 0 aromatic rings. The molecule has 0 spiro atoms. The molecule has 1 saturated carbocycles. The monoisotopic (exact) mass is 675 g/mol. The zero-order valence-electron chi connectivity index (χ0n) is 28.8. The Bertz CT molecular complexity index is 914. The van der Waals surface area contributed by atoms with Crippen LogP contribution < -0.4 is 28.3 Å². The van der Waals surface area contributed by atoms with Gasteiger partial charge in [0.05, 0.1) is 25.2 Å². The molecule has 14 nitrogen and oxygen atoms in total. The predicted molar refractivity (Wildman–Crippen MR) is 179 cm³/mol. The minimum atomic E-state index is -1.29. The van der Waals surface area contributed by atoms with Gasteiger partial charge in [0, 0.05) is 18.5 Å². The quantitative estimate of drug-likeness (QED) is 0.0917. The Hall–Kier alpha value is -1.43. The van der Waals surface area contributed by atoms with E-state index in [-0.39, 0.29) is 13.2 Å². The smallest absolute Gasteiger partial charge is 0.303 e. The summed E-state index contributed by atoms with van der Waals surface area (Å²) in [6.07, 6.45) is 10.8. The second kappa shape index (κ2) is 21.6. The third kappa shape index (κ3) is 13.8. The van der Waals surface area contributed by atoms with E-state index in [2.05, 4.69) is 12.2 Å². The molecule has 1 aliphatic carbocycles. The number of nitrogens with two attached hydrogens (primary N) is 4. The summed E-state index contributed by atoms with van der Waals surface area (Å²) in [5.74, 6) is -0.102. The van der Waals surface area contributed by atoms with E-state index in [1.165, 1.54) is 57.8 Å². The summed E-state index contributed by atoms with van der Waals surface area (Å²) in [4.78, 5) is 10.3. The molecule has 1 saturated heterocycles. The molecule has 14 heteroatoms. The average Bonchev–Trinajstić information content (AvgIpc) is 3.02. The fraction of sp³-hybridized carbons (Fsp3) is 0.909. The number of aliphatic hydroxyl groups is 3. The van der Waals surface area contributed by atoms with Gasteiger partial charge in [-0.05, 0) is 39.3 Å². The largest absolute Gasteiger partial charge is 0.481 e. The molecule has 47 heavy (non-hydrogen) atoms. The number of ether oxygens (including phenoxy) is 4. The highest BCUT2D eigenvalue weighted by atomic mass is 16.7. The lowest BCUT2D eigenvalue weighted by atomic mass is 9.84. The topological polar surface area (TPSA) is 251 Å². The Morgan fingerprint density at radius 1 is 0.915 bits per heavy atom. The Kier molecular flexibility index (Phi) is 19.2. The third-order valence-corrected chi connectivity index (χ3v) is 9.22. The van der Waals surface area contributed by atoms with Gasteiger partial charge in [-0.3, -0.25) is 4.79 Å². The van der Waals surface area contributed by atoms with Crippen molar-refractivity contribution in [3.05, 3.63) is 11.8 Å². The van der Waals surface area contributed by atoms with E-state index in [9.17, 15) is 20.1 Å². The Balaban J connectivity index is 0.000000407. The second-order valence-electron chi connectivity index (χ2n) is 13.5. The minimum absolute atomic E-state index is 0.0727. The summed E-state index contributed by atoms with van der Waals surface area (Å²) < 4.78 is 23.1. The molecule has 13 N–H and O–H groups in total. The van der Waals surface area contributed by atoms with Crippen LogP contribution in [-0.2, 0) is 23.7 Å². The van der Waals surface area contributed by atoms with E-state index in [1.54, 1.807) is 20.0 Å². The Labute approximate surface area is 280 Å². The number of likely N-dealkylation sites (N-methyl/N-ethyl adjacent to an activating group) is 1. The lowest BCUT2D eigenvalue weighted by Gasteiger charge is -2.48. The summed E-state index contributed by atoms with van der Waals surface area (Å²) in [6.45, 7) is 3.93. The number of hydrogen-bond donors (Lipinski definition) is 9. The maximum Gasteiger partial charge on any atom is 0.303 e. The average molecular weight is 676 g/mol. The Morgan fingerprint density at radius 2 is 1.45 bits per heavy atom. The maximum absolute atomic E-state index is 11.0. The van der Waals surface area contributed by atoms with Crippen LogP contribution in [0.25, 0.3) is 0 Å². The van der Waals surface area contributed by atoms with Crippen LogP contribution in [0.3, 0.4) is 0 Å². The van der Waals surface area contributed by atoms with Crippen molar-refractivity contribution < 1.29 is 44.2 Å². The molecule has 11 atom stereocenters. The minimum Gasteiger partial charge on any atom is -0.481 e. The number of carbonyl (C=O) groups is 1. The van der Waals surface area contributed by atoms with Gasteiger partial charge in [0.2, 0.25) is 6.29 Å². The third-order valence-electron chi connectivity index (χ3n) is 9.22. The number of carboxylic acid groups (broad SMARTS) is 1. The van der Waals surface area contributed by atoms with E-state index < -0.39 is 72.7 Å². The highest BCUT2D eigenvalue weighted by Gasteiger charge is 2.50. The molecule has 276 valence electrons. The van der Waals surface area contributed by atoms with Gasteiger partial charge in [-0.15, -0.1) is 0 Å². The second-order valence-corrected chi connectivity index (χ2v) is 13.5. The van der Waals surface area contributed by atoms with Crippen molar-refractivity contribution in [2.24, 2.45) is 22.9 Å². The van der Waals surface area contributed by atoms with Gasteiger partial charge in [0.1, 0.15) is 35.8 Å². The van der Waals surface area contributed by atoms with E-state index >= 15 is 0 Å². The van der Waals surface area contributed by atoms with E-state index in [4.69, 9.17) is 47.0 Å². The van der Waals surface area contributed by atoms with Crippen molar-refractivity contribution >= 4 is 5.97 Å². The van der Waals surface area contributed by atoms with Crippen LogP contribution in [0.1, 0.15) is 104 Å². The predicted octanol–water partition coefficient (Wildman–Crippen LogP) is 0.921. The summed E-state index contributed by atoms with van der Waals surface area (Å²) in [5.41, 5.74) is 22.9. The summed E-state index contributed by atoms with van der Waals surface area (Å²) in [7, 11) is 1.62. The van der Waals surface area contributed by atoms with Crippen molar-refractivity contribution in [2.45, 2.75) is 171 Å². The Morgan fingerprint density at radius 3 is 1.96 bits per heavy atom. The highest BCUT2D eigenvalue weighted by molar-refractivity contribution is 5.66. The van der Waals surface area contributed by atoms with Crippen LogP contribution in [-0.4, -0.2) is 113 Å². The molecule has 2 fully saturated rings.